The minimum Gasteiger partial charge on any atom is -0.367 e. The molecule has 0 amide bonds. The van der Waals surface area contributed by atoms with E-state index >= 15 is 0 Å². The summed E-state index contributed by atoms with van der Waals surface area (Å²) in [5.74, 6) is 1.98. The van der Waals surface area contributed by atoms with Crippen molar-refractivity contribution < 1.29 is 0 Å². The van der Waals surface area contributed by atoms with Gasteiger partial charge in [-0.3, -0.25) is 9.88 Å². The highest BCUT2D eigenvalue weighted by atomic mass is 15.2. The number of nitrogens with one attached hydrogen (secondary N) is 2. The third-order valence-electron chi connectivity index (χ3n) is 4.65. The van der Waals surface area contributed by atoms with Crippen molar-refractivity contribution in [2.75, 3.05) is 23.7 Å². The van der Waals surface area contributed by atoms with E-state index in [0.29, 0.717) is 17.8 Å². The molecule has 3 aromatic rings. The van der Waals surface area contributed by atoms with E-state index in [-0.39, 0.29) is 0 Å². The number of nitrogens with zero attached hydrogens (tertiary/aromatic N) is 5. The van der Waals surface area contributed by atoms with Crippen LogP contribution >= 0.6 is 0 Å². The van der Waals surface area contributed by atoms with E-state index in [0.717, 1.165) is 38.3 Å². The number of aromatic nitrogens is 4. The molecule has 0 atom stereocenters. The van der Waals surface area contributed by atoms with Crippen molar-refractivity contribution in [3.05, 3.63) is 66.7 Å². The zero-order valence-electron chi connectivity index (χ0n) is 15.1. The Morgan fingerprint density at radius 2 is 1.78 bits per heavy atom. The SMILES string of the molecule is c1ccc(CN2CCC(Nc3ccnc(Nc4cnccn4)n3)CC2)cc1. The molecular formula is C20H23N7. The van der Waals surface area contributed by atoms with Crippen LogP contribution in [0.25, 0.3) is 0 Å². The first-order valence-corrected chi connectivity index (χ1v) is 9.24. The minimum atomic E-state index is 0.427. The molecule has 0 aliphatic carbocycles. The molecule has 2 N–H and O–H groups in total. The molecule has 0 spiro atoms. The van der Waals surface area contributed by atoms with Gasteiger partial charge in [-0.1, -0.05) is 30.3 Å². The van der Waals surface area contributed by atoms with Gasteiger partial charge in [-0.05, 0) is 24.5 Å². The second kappa shape index (κ2) is 8.55. The Bertz CT molecular complexity index is 833. The highest BCUT2D eigenvalue weighted by molar-refractivity contribution is 5.49. The fourth-order valence-electron chi connectivity index (χ4n) is 3.26. The lowest BCUT2D eigenvalue weighted by Gasteiger charge is -2.32. The van der Waals surface area contributed by atoms with Gasteiger partial charge in [-0.2, -0.15) is 4.98 Å². The Labute approximate surface area is 158 Å². The molecule has 27 heavy (non-hydrogen) atoms. The standard InChI is InChI=1S/C20H23N7/c1-2-4-16(5-3-1)15-27-12-7-17(8-13-27)24-18-6-9-23-20(25-18)26-19-14-21-10-11-22-19/h1-6,9-11,14,17H,7-8,12-13,15H2,(H2,22,23,24,25,26). The number of likely N-dealkylation sites (tertiary alicyclic amines) is 1. The van der Waals surface area contributed by atoms with Crippen LogP contribution in [0.5, 0.6) is 0 Å². The van der Waals surface area contributed by atoms with Crippen LogP contribution in [0.15, 0.2) is 61.2 Å². The van der Waals surface area contributed by atoms with E-state index < -0.39 is 0 Å². The Balaban J connectivity index is 1.29. The molecule has 4 rings (SSSR count). The third-order valence-corrected chi connectivity index (χ3v) is 4.65. The third kappa shape index (κ3) is 4.98. The van der Waals surface area contributed by atoms with Crippen LogP contribution in [0, 0.1) is 0 Å². The summed E-state index contributed by atoms with van der Waals surface area (Å²) in [6.45, 7) is 3.19. The summed E-state index contributed by atoms with van der Waals surface area (Å²) in [5.41, 5.74) is 1.37. The second-order valence-electron chi connectivity index (χ2n) is 6.66. The summed E-state index contributed by atoms with van der Waals surface area (Å²) in [5, 5.41) is 6.61. The molecule has 0 unspecified atom stereocenters. The quantitative estimate of drug-likeness (QED) is 0.698. The van der Waals surface area contributed by atoms with Gasteiger partial charge in [0.2, 0.25) is 5.95 Å². The van der Waals surface area contributed by atoms with Crippen molar-refractivity contribution in [1.82, 2.24) is 24.8 Å². The van der Waals surface area contributed by atoms with Gasteiger partial charge in [0.05, 0.1) is 6.20 Å². The average Bonchev–Trinajstić information content (AvgIpc) is 2.71. The molecule has 138 valence electrons. The molecular weight excluding hydrogens is 338 g/mol. The number of hydrogen-bond acceptors (Lipinski definition) is 7. The molecule has 2 aromatic heterocycles. The predicted molar refractivity (Wildman–Crippen MR) is 106 cm³/mol. The highest BCUT2D eigenvalue weighted by Gasteiger charge is 2.19. The summed E-state index contributed by atoms with van der Waals surface area (Å²) in [6, 6.07) is 13.0. The molecule has 1 aliphatic rings. The molecule has 0 saturated carbocycles. The summed E-state index contributed by atoms with van der Waals surface area (Å²) in [6.07, 6.45) is 8.86. The largest absolute Gasteiger partial charge is 0.367 e. The second-order valence-corrected chi connectivity index (χ2v) is 6.66. The van der Waals surface area contributed by atoms with E-state index in [1.807, 2.05) is 6.07 Å². The molecule has 0 radical (unpaired) electrons. The summed E-state index contributed by atoms with van der Waals surface area (Å²) in [4.78, 5) is 19.5. The number of benzene rings is 1. The van der Waals surface area contributed by atoms with Crippen molar-refractivity contribution in [2.45, 2.75) is 25.4 Å². The number of piperidine rings is 1. The van der Waals surface area contributed by atoms with Crippen LogP contribution in [0.2, 0.25) is 0 Å². The molecule has 1 fully saturated rings. The van der Waals surface area contributed by atoms with Crippen molar-refractivity contribution in [1.29, 1.82) is 0 Å². The van der Waals surface area contributed by atoms with Crippen molar-refractivity contribution >= 4 is 17.6 Å². The number of rotatable bonds is 6. The van der Waals surface area contributed by atoms with E-state index in [9.17, 15) is 0 Å². The van der Waals surface area contributed by atoms with Crippen molar-refractivity contribution in [3.8, 4) is 0 Å². The van der Waals surface area contributed by atoms with Gasteiger partial charge in [0.1, 0.15) is 5.82 Å². The van der Waals surface area contributed by atoms with Crippen LogP contribution in [0.1, 0.15) is 18.4 Å². The Morgan fingerprint density at radius 3 is 2.56 bits per heavy atom. The summed E-state index contributed by atoms with van der Waals surface area (Å²) >= 11 is 0. The first-order chi connectivity index (χ1) is 13.3. The van der Waals surface area contributed by atoms with Gasteiger partial charge >= 0.3 is 0 Å². The Kier molecular flexibility index (Phi) is 5.50. The zero-order chi connectivity index (χ0) is 18.3. The van der Waals surface area contributed by atoms with E-state index in [2.05, 4.69) is 65.8 Å². The lowest BCUT2D eigenvalue weighted by Crippen LogP contribution is -2.38. The Morgan fingerprint density at radius 1 is 0.926 bits per heavy atom. The van der Waals surface area contributed by atoms with Crippen LogP contribution in [-0.2, 0) is 6.54 Å². The first-order valence-electron chi connectivity index (χ1n) is 9.24. The van der Waals surface area contributed by atoms with Crippen LogP contribution in [-0.4, -0.2) is 44.0 Å². The molecule has 1 aliphatic heterocycles. The van der Waals surface area contributed by atoms with Crippen molar-refractivity contribution in [3.63, 3.8) is 0 Å². The predicted octanol–water partition coefficient (Wildman–Crippen LogP) is 3.09. The highest BCUT2D eigenvalue weighted by Crippen LogP contribution is 2.18. The fourth-order valence-corrected chi connectivity index (χ4v) is 3.26. The first kappa shape index (κ1) is 17.4. The van der Waals surface area contributed by atoms with Crippen molar-refractivity contribution in [2.24, 2.45) is 0 Å². The normalized spacial score (nSPS) is 15.4. The molecule has 1 aromatic carbocycles. The van der Waals surface area contributed by atoms with Gasteiger partial charge in [0, 0.05) is 44.3 Å². The van der Waals surface area contributed by atoms with E-state index in [4.69, 9.17) is 0 Å². The molecule has 0 bridgehead atoms. The van der Waals surface area contributed by atoms with E-state index in [1.165, 1.54) is 5.56 Å². The maximum Gasteiger partial charge on any atom is 0.230 e. The summed E-state index contributed by atoms with van der Waals surface area (Å²) < 4.78 is 0. The fraction of sp³-hybridized carbons (Fsp3) is 0.300. The van der Waals surface area contributed by atoms with Crippen LogP contribution in [0.3, 0.4) is 0 Å². The maximum absolute atomic E-state index is 4.53. The van der Waals surface area contributed by atoms with Gasteiger partial charge in [-0.15, -0.1) is 0 Å². The zero-order valence-corrected chi connectivity index (χ0v) is 15.1. The lowest BCUT2D eigenvalue weighted by atomic mass is 10.0. The number of hydrogen-bond donors (Lipinski definition) is 2. The van der Waals surface area contributed by atoms with E-state index in [1.54, 1.807) is 24.8 Å². The minimum absolute atomic E-state index is 0.427. The Hall–Kier alpha value is -3.06. The molecule has 7 nitrogen and oxygen atoms in total. The van der Waals surface area contributed by atoms with Gasteiger partial charge in [0.25, 0.3) is 0 Å². The molecule has 3 heterocycles. The molecule has 1 saturated heterocycles. The van der Waals surface area contributed by atoms with Crippen LogP contribution < -0.4 is 10.6 Å². The van der Waals surface area contributed by atoms with Gasteiger partial charge < -0.3 is 10.6 Å². The lowest BCUT2D eigenvalue weighted by molar-refractivity contribution is 0.211. The number of anilines is 3. The van der Waals surface area contributed by atoms with Gasteiger partial charge in [-0.25, -0.2) is 9.97 Å². The van der Waals surface area contributed by atoms with Crippen LogP contribution in [0.4, 0.5) is 17.6 Å². The monoisotopic (exact) mass is 361 g/mol. The summed E-state index contributed by atoms with van der Waals surface area (Å²) in [7, 11) is 0. The molecule has 7 heteroatoms. The maximum atomic E-state index is 4.53. The smallest absolute Gasteiger partial charge is 0.230 e. The topological polar surface area (TPSA) is 78.9 Å². The average molecular weight is 361 g/mol. The van der Waals surface area contributed by atoms with Gasteiger partial charge in [0.15, 0.2) is 5.82 Å².